The monoisotopic (exact) mass is 233 g/mol. The van der Waals surface area contributed by atoms with Crippen molar-refractivity contribution in [2.24, 2.45) is 11.5 Å². The molecule has 5 nitrogen and oxygen atoms in total. The molecule has 0 fully saturated rings. The number of hydrogen-bond donors (Lipinski definition) is 2. The molecule has 0 saturated carbocycles. The molecule has 0 atom stereocenters. The Labute approximate surface area is 99.4 Å². The maximum atomic E-state index is 11.7. The third-order valence-electron chi connectivity index (χ3n) is 2.82. The molecule has 17 heavy (non-hydrogen) atoms. The number of amides is 2. The molecule has 0 saturated heterocycles. The highest BCUT2D eigenvalue weighted by molar-refractivity contribution is 6.04. The van der Waals surface area contributed by atoms with Crippen molar-refractivity contribution in [2.75, 3.05) is 18.0 Å². The summed E-state index contributed by atoms with van der Waals surface area (Å²) in [5.74, 6) is -0.582. The van der Waals surface area contributed by atoms with Gasteiger partial charge >= 0.3 is 0 Å². The van der Waals surface area contributed by atoms with Crippen LogP contribution in [0.2, 0.25) is 0 Å². The van der Waals surface area contributed by atoms with Crippen LogP contribution in [0.4, 0.5) is 5.69 Å². The van der Waals surface area contributed by atoms with Crippen molar-refractivity contribution in [3.05, 3.63) is 29.3 Å². The first kappa shape index (κ1) is 11.6. The van der Waals surface area contributed by atoms with E-state index in [4.69, 9.17) is 11.5 Å². The molecule has 2 amide bonds. The van der Waals surface area contributed by atoms with E-state index >= 15 is 0 Å². The molecule has 0 spiro atoms. The summed E-state index contributed by atoms with van der Waals surface area (Å²) in [4.78, 5) is 24.1. The van der Waals surface area contributed by atoms with Crippen molar-refractivity contribution in [3.8, 4) is 0 Å². The standard InChI is InChI=1S/C12H15N3O2/c13-4-3-8-1-2-10-9(5-8)6-12(17)15(10)7-11(14)16/h1-2,5H,3-4,6-7,13H2,(H2,14,16). The average Bonchev–Trinajstić information content (AvgIpc) is 2.55. The molecule has 90 valence electrons. The van der Waals surface area contributed by atoms with Crippen molar-refractivity contribution in [3.63, 3.8) is 0 Å². The average molecular weight is 233 g/mol. The Kier molecular flexibility index (Phi) is 3.10. The maximum absolute atomic E-state index is 11.7. The molecule has 0 aromatic heterocycles. The molecule has 0 radical (unpaired) electrons. The van der Waals surface area contributed by atoms with Gasteiger partial charge in [0.05, 0.1) is 6.42 Å². The molecular formula is C12H15N3O2. The predicted molar refractivity (Wildman–Crippen MR) is 64.5 cm³/mol. The van der Waals surface area contributed by atoms with Gasteiger partial charge in [-0.3, -0.25) is 9.59 Å². The van der Waals surface area contributed by atoms with Crippen LogP contribution in [0.5, 0.6) is 0 Å². The second-order valence-electron chi connectivity index (χ2n) is 4.12. The topological polar surface area (TPSA) is 89.4 Å². The van der Waals surface area contributed by atoms with E-state index in [1.165, 1.54) is 4.90 Å². The normalized spacial score (nSPS) is 13.9. The zero-order valence-corrected chi connectivity index (χ0v) is 9.48. The van der Waals surface area contributed by atoms with Gasteiger partial charge in [-0.05, 0) is 30.2 Å². The van der Waals surface area contributed by atoms with Gasteiger partial charge < -0.3 is 16.4 Å². The summed E-state index contributed by atoms with van der Waals surface area (Å²) in [6.45, 7) is 0.528. The van der Waals surface area contributed by atoms with Crippen LogP contribution in [0.3, 0.4) is 0 Å². The van der Waals surface area contributed by atoms with Gasteiger partial charge in [-0.1, -0.05) is 12.1 Å². The summed E-state index contributed by atoms with van der Waals surface area (Å²) in [6.07, 6.45) is 1.12. The third kappa shape index (κ3) is 2.29. The Morgan fingerprint density at radius 3 is 2.82 bits per heavy atom. The number of nitrogens with zero attached hydrogens (tertiary/aromatic N) is 1. The molecule has 0 unspecified atom stereocenters. The van der Waals surface area contributed by atoms with Crippen LogP contribution in [0.1, 0.15) is 11.1 Å². The first-order valence-corrected chi connectivity index (χ1v) is 5.52. The minimum atomic E-state index is -0.503. The first-order valence-electron chi connectivity index (χ1n) is 5.52. The highest BCUT2D eigenvalue weighted by atomic mass is 16.2. The summed E-state index contributed by atoms with van der Waals surface area (Å²) in [5.41, 5.74) is 13.5. The van der Waals surface area contributed by atoms with Crippen molar-refractivity contribution in [2.45, 2.75) is 12.8 Å². The molecule has 1 heterocycles. The van der Waals surface area contributed by atoms with E-state index < -0.39 is 5.91 Å². The van der Waals surface area contributed by atoms with Gasteiger partial charge in [-0.15, -0.1) is 0 Å². The van der Waals surface area contributed by atoms with Crippen LogP contribution in [0.15, 0.2) is 18.2 Å². The minimum absolute atomic E-state index is 0.0535. The number of benzene rings is 1. The number of carbonyl (C=O) groups is 2. The SMILES string of the molecule is NCCc1ccc2c(c1)CC(=O)N2CC(N)=O. The molecule has 0 aliphatic carbocycles. The number of carbonyl (C=O) groups excluding carboxylic acids is 2. The summed E-state index contributed by atoms with van der Waals surface area (Å²) in [7, 11) is 0. The predicted octanol–water partition coefficient (Wildman–Crippen LogP) is -0.438. The van der Waals surface area contributed by atoms with Crippen molar-refractivity contribution >= 4 is 17.5 Å². The Morgan fingerprint density at radius 2 is 2.18 bits per heavy atom. The Morgan fingerprint density at radius 1 is 1.41 bits per heavy atom. The molecule has 1 aliphatic rings. The molecule has 1 aromatic rings. The van der Waals surface area contributed by atoms with Crippen molar-refractivity contribution < 1.29 is 9.59 Å². The minimum Gasteiger partial charge on any atom is -0.368 e. The maximum Gasteiger partial charge on any atom is 0.237 e. The molecular weight excluding hydrogens is 218 g/mol. The number of rotatable bonds is 4. The van der Waals surface area contributed by atoms with Crippen LogP contribution in [0.25, 0.3) is 0 Å². The van der Waals surface area contributed by atoms with Crippen LogP contribution in [-0.2, 0) is 22.4 Å². The first-order chi connectivity index (χ1) is 8.11. The molecule has 1 aromatic carbocycles. The van der Waals surface area contributed by atoms with Gasteiger partial charge in [0.15, 0.2) is 0 Å². The van der Waals surface area contributed by atoms with E-state index in [0.29, 0.717) is 13.0 Å². The van der Waals surface area contributed by atoms with Crippen LogP contribution < -0.4 is 16.4 Å². The fourth-order valence-corrected chi connectivity index (χ4v) is 2.09. The van der Waals surface area contributed by atoms with Crippen LogP contribution >= 0.6 is 0 Å². The lowest BCUT2D eigenvalue weighted by atomic mass is 10.1. The fourth-order valence-electron chi connectivity index (χ4n) is 2.09. The van der Waals surface area contributed by atoms with E-state index in [9.17, 15) is 9.59 Å². The quantitative estimate of drug-likeness (QED) is 0.739. The number of hydrogen-bond acceptors (Lipinski definition) is 3. The van der Waals surface area contributed by atoms with Gasteiger partial charge in [-0.25, -0.2) is 0 Å². The number of anilines is 1. The third-order valence-corrected chi connectivity index (χ3v) is 2.82. The van der Waals surface area contributed by atoms with Crippen LogP contribution in [0, 0.1) is 0 Å². The zero-order chi connectivity index (χ0) is 12.4. The lowest BCUT2D eigenvalue weighted by Gasteiger charge is -2.15. The van der Waals surface area contributed by atoms with E-state index in [2.05, 4.69) is 0 Å². The van der Waals surface area contributed by atoms with Gasteiger partial charge in [0.1, 0.15) is 6.54 Å². The molecule has 0 bridgehead atoms. The summed E-state index contributed by atoms with van der Waals surface area (Å²) in [6, 6.07) is 5.76. The number of nitrogens with two attached hydrogens (primary N) is 2. The second kappa shape index (κ2) is 4.55. The molecule has 5 heteroatoms. The Bertz CT molecular complexity index is 471. The van der Waals surface area contributed by atoms with E-state index in [0.717, 1.165) is 23.2 Å². The van der Waals surface area contributed by atoms with E-state index in [1.54, 1.807) is 0 Å². The molecule has 2 rings (SSSR count). The lowest BCUT2D eigenvalue weighted by Crippen LogP contribution is -2.35. The Balaban J connectivity index is 2.28. The smallest absolute Gasteiger partial charge is 0.237 e. The van der Waals surface area contributed by atoms with Crippen molar-refractivity contribution in [1.29, 1.82) is 0 Å². The number of primary amides is 1. The van der Waals surface area contributed by atoms with Gasteiger partial charge in [0.2, 0.25) is 11.8 Å². The molecule has 4 N–H and O–H groups in total. The summed E-state index contributed by atoms with van der Waals surface area (Å²) in [5, 5.41) is 0. The zero-order valence-electron chi connectivity index (χ0n) is 9.48. The summed E-state index contributed by atoms with van der Waals surface area (Å²) < 4.78 is 0. The van der Waals surface area contributed by atoms with Gasteiger partial charge in [-0.2, -0.15) is 0 Å². The Hall–Kier alpha value is -1.88. The highest BCUT2D eigenvalue weighted by Crippen LogP contribution is 2.29. The van der Waals surface area contributed by atoms with Crippen LogP contribution in [-0.4, -0.2) is 24.9 Å². The fraction of sp³-hybridized carbons (Fsp3) is 0.333. The van der Waals surface area contributed by atoms with Gasteiger partial charge in [0, 0.05) is 5.69 Å². The lowest BCUT2D eigenvalue weighted by molar-refractivity contribution is -0.121. The van der Waals surface area contributed by atoms with E-state index in [-0.39, 0.29) is 12.5 Å². The van der Waals surface area contributed by atoms with Gasteiger partial charge in [0.25, 0.3) is 0 Å². The molecule has 1 aliphatic heterocycles. The van der Waals surface area contributed by atoms with E-state index in [1.807, 2.05) is 18.2 Å². The number of fused-ring (bicyclic) bond motifs is 1. The second-order valence-corrected chi connectivity index (χ2v) is 4.12. The van der Waals surface area contributed by atoms with Crippen molar-refractivity contribution in [1.82, 2.24) is 0 Å². The summed E-state index contributed by atoms with van der Waals surface area (Å²) >= 11 is 0. The largest absolute Gasteiger partial charge is 0.368 e. The highest BCUT2D eigenvalue weighted by Gasteiger charge is 2.28.